The van der Waals surface area contributed by atoms with E-state index >= 15 is 0 Å². The lowest BCUT2D eigenvalue weighted by Crippen LogP contribution is -1.84. The van der Waals surface area contributed by atoms with E-state index in [0.717, 1.165) is 5.75 Å². The van der Waals surface area contributed by atoms with Crippen molar-refractivity contribution in [3.05, 3.63) is 26.6 Å². The van der Waals surface area contributed by atoms with Gasteiger partial charge in [-0.2, -0.15) is 0 Å². The van der Waals surface area contributed by atoms with Crippen LogP contribution in [0.3, 0.4) is 0 Å². The monoisotopic (exact) mass is 304 g/mol. The van der Waals surface area contributed by atoms with Crippen LogP contribution in [0.25, 0.3) is 10.1 Å². The zero-order chi connectivity index (χ0) is 9.42. The molecule has 2 rings (SSSR count). The van der Waals surface area contributed by atoms with Gasteiger partial charge in [-0.25, -0.2) is 0 Å². The highest BCUT2D eigenvalue weighted by molar-refractivity contribution is 14.1. The highest BCUT2D eigenvalue weighted by Crippen LogP contribution is 2.33. The molecule has 2 aromatic rings. The molecule has 0 saturated carbocycles. The molecular weight excluding hydrogens is 295 g/mol. The van der Waals surface area contributed by atoms with Crippen LogP contribution in [0.4, 0.5) is 0 Å². The molecule has 13 heavy (non-hydrogen) atoms. The summed E-state index contributed by atoms with van der Waals surface area (Å²) < 4.78 is 7.85. The number of hydrogen-bond donors (Lipinski definition) is 0. The highest BCUT2D eigenvalue weighted by Gasteiger charge is 2.06. The van der Waals surface area contributed by atoms with Crippen molar-refractivity contribution in [2.75, 3.05) is 7.11 Å². The summed E-state index contributed by atoms with van der Waals surface area (Å²) in [5.41, 5.74) is 1.29. The maximum atomic E-state index is 5.22. The Balaban J connectivity index is 2.79. The molecule has 0 aliphatic heterocycles. The SMILES string of the molecule is COc1cc(C)c2c(I)csc2c1. The predicted molar refractivity (Wildman–Crippen MR) is 65.8 cm³/mol. The zero-order valence-electron chi connectivity index (χ0n) is 7.43. The molecule has 0 saturated heterocycles. The van der Waals surface area contributed by atoms with Gasteiger partial charge in [0.05, 0.1) is 7.11 Å². The van der Waals surface area contributed by atoms with Crippen molar-refractivity contribution in [2.45, 2.75) is 6.92 Å². The normalized spacial score (nSPS) is 10.7. The predicted octanol–water partition coefficient (Wildman–Crippen LogP) is 3.82. The van der Waals surface area contributed by atoms with Crippen molar-refractivity contribution in [3.63, 3.8) is 0 Å². The number of halogens is 1. The van der Waals surface area contributed by atoms with Gasteiger partial charge in [-0.1, -0.05) is 0 Å². The first kappa shape index (κ1) is 9.27. The number of ether oxygens (including phenoxy) is 1. The van der Waals surface area contributed by atoms with Gasteiger partial charge in [0.1, 0.15) is 5.75 Å². The quantitative estimate of drug-likeness (QED) is 0.728. The van der Waals surface area contributed by atoms with Gasteiger partial charge >= 0.3 is 0 Å². The van der Waals surface area contributed by atoms with Gasteiger partial charge in [-0.3, -0.25) is 0 Å². The molecule has 0 spiro atoms. The number of hydrogen-bond acceptors (Lipinski definition) is 2. The maximum absolute atomic E-state index is 5.22. The van der Waals surface area contributed by atoms with Crippen LogP contribution < -0.4 is 4.74 Å². The Morgan fingerprint density at radius 2 is 2.15 bits per heavy atom. The third kappa shape index (κ3) is 1.55. The number of benzene rings is 1. The Morgan fingerprint density at radius 1 is 1.38 bits per heavy atom. The topological polar surface area (TPSA) is 9.23 Å². The van der Waals surface area contributed by atoms with E-state index in [2.05, 4.69) is 47.0 Å². The summed E-state index contributed by atoms with van der Waals surface area (Å²) >= 11 is 4.14. The molecule has 1 nitrogen and oxygen atoms in total. The molecule has 0 aliphatic carbocycles. The van der Waals surface area contributed by atoms with Gasteiger partial charge in [0.25, 0.3) is 0 Å². The average Bonchev–Trinajstić information content (AvgIpc) is 2.48. The van der Waals surface area contributed by atoms with E-state index in [4.69, 9.17) is 4.74 Å². The molecule has 1 heterocycles. The minimum absolute atomic E-state index is 0.947. The van der Waals surface area contributed by atoms with E-state index in [1.807, 2.05) is 0 Å². The largest absolute Gasteiger partial charge is 0.497 e. The summed E-state index contributed by atoms with van der Waals surface area (Å²) in [7, 11) is 1.71. The number of fused-ring (bicyclic) bond motifs is 1. The van der Waals surface area contributed by atoms with Crippen LogP contribution in [0.15, 0.2) is 17.5 Å². The molecule has 0 amide bonds. The second-order valence-corrected chi connectivity index (χ2v) is 4.97. The van der Waals surface area contributed by atoms with E-state index in [-0.39, 0.29) is 0 Å². The molecular formula is C10H9IOS. The Kier molecular flexibility index (Phi) is 2.47. The van der Waals surface area contributed by atoms with E-state index < -0.39 is 0 Å². The van der Waals surface area contributed by atoms with Crippen molar-refractivity contribution < 1.29 is 4.74 Å². The van der Waals surface area contributed by atoms with E-state index in [9.17, 15) is 0 Å². The summed E-state index contributed by atoms with van der Waals surface area (Å²) in [5, 5.41) is 3.55. The fourth-order valence-corrected chi connectivity index (χ4v) is 3.62. The van der Waals surface area contributed by atoms with Crippen molar-refractivity contribution in [2.24, 2.45) is 0 Å². The smallest absolute Gasteiger partial charge is 0.120 e. The van der Waals surface area contributed by atoms with Gasteiger partial charge in [0.2, 0.25) is 0 Å². The minimum atomic E-state index is 0.947. The van der Waals surface area contributed by atoms with Gasteiger partial charge < -0.3 is 4.74 Å². The van der Waals surface area contributed by atoms with Gasteiger partial charge in [0.15, 0.2) is 0 Å². The third-order valence-electron chi connectivity index (χ3n) is 2.04. The number of aryl methyl sites for hydroxylation is 1. The van der Waals surface area contributed by atoms with E-state index in [0.29, 0.717) is 0 Å². The Morgan fingerprint density at radius 3 is 2.85 bits per heavy atom. The highest BCUT2D eigenvalue weighted by atomic mass is 127. The fourth-order valence-electron chi connectivity index (χ4n) is 1.41. The molecule has 68 valence electrons. The van der Waals surface area contributed by atoms with Crippen LogP contribution >= 0.6 is 33.9 Å². The molecule has 0 N–H and O–H groups in total. The van der Waals surface area contributed by atoms with Gasteiger partial charge in [-0.15, -0.1) is 11.3 Å². The maximum Gasteiger partial charge on any atom is 0.120 e. The molecule has 3 heteroatoms. The summed E-state index contributed by atoms with van der Waals surface area (Å²) in [6.45, 7) is 2.12. The lowest BCUT2D eigenvalue weighted by Gasteiger charge is -2.02. The van der Waals surface area contributed by atoms with Crippen LogP contribution in [0.2, 0.25) is 0 Å². The summed E-state index contributed by atoms with van der Waals surface area (Å²) in [6, 6.07) is 4.17. The van der Waals surface area contributed by atoms with Gasteiger partial charge in [0, 0.05) is 19.0 Å². The van der Waals surface area contributed by atoms with Crippen LogP contribution in [-0.2, 0) is 0 Å². The Bertz CT molecular complexity index is 447. The number of methoxy groups -OCH3 is 1. The molecule has 0 aliphatic rings. The van der Waals surface area contributed by atoms with Crippen molar-refractivity contribution in [3.8, 4) is 5.75 Å². The van der Waals surface area contributed by atoms with Crippen molar-refractivity contribution in [1.82, 2.24) is 0 Å². The average molecular weight is 304 g/mol. The molecule has 0 fully saturated rings. The first-order valence-corrected chi connectivity index (χ1v) is 5.89. The Labute approximate surface area is 94.9 Å². The molecule has 1 aromatic carbocycles. The van der Waals surface area contributed by atoms with Crippen LogP contribution in [0, 0.1) is 10.5 Å². The summed E-state index contributed by atoms with van der Waals surface area (Å²) in [5.74, 6) is 0.947. The van der Waals surface area contributed by atoms with Crippen LogP contribution in [-0.4, -0.2) is 7.11 Å². The van der Waals surface area contributed by atoms with Gasteiger partial charge in [-0.05, 0) is 47.2 Å². The first-order valence-electron chi connectivity index (χ1n) is 3.93. The first-order chi connectivity index (χ1) is 6.22. The summed E-state index contributed by atoms with van der Waals surface area (Å²) in [4.78, 5) is 0. The lowest BCUT2D eigenvalue weighted by molar-refractivity contribution is 0.415. The Hall–Kier alpha value is -0.290. The molecule has 0 atom stereocenters. The molecule has 0 bridgehead atoms. The number of rotatable bonds is 1. The molecule has 1 aromatic heterocycles. The van der Waals surface area contributed by atoms with Crippen LogP contribution in [0.1, 0.15) is 5.56 Å². The zero-order valence-corrected chi connectivity index (χ0v) is 10.4. The second kappa shape index (κ2) is 3.46. The fraction of sp³-hybridized carbons (Fsp3) is 0.200. The molecule has 0 radical (unpaired) electrons. The van der Waals surface area contributed by atoms with E-state index in [1.165, 1.54) is 19.2 Å². The minimum Gasteiger partial charge on any atom is -0.497 e. The van der Waals surface area contributed by atoms with E-state index in [1.54, 1.807) is 18.4 Å². The van der Waals surface area contributed by atoms with Crippen LogP contribution in [0.5, 0.6) is 5.75 Å². The van der Waals surface area contributed by atoms with Crippen molar-refractivity contribution >= 4 is 44.0 Å². The standard InChI is InChI=1S/C10H9IOS/c1-6-3-7(12-2)4-9-10(6)8(11)5-13-9/h3-5H,1-2H3. The molecule has 0 unspecified atom stereocenters. The third-order valence-corrected chi connectivity index (χ3v) is 4.24. The lowest BCUT2D eigenvalue weighted by atomic mass is 10.1. The number of thiophene rings is 1. The van der Waals surface area contributed by atoms with Crippen molar-refractivity contribution in [1.29, 1.82) is 0 Å². The second-order valence-electron chi connectivity index (χ2n) is 2.90. The summed E-state index contributed by atoms with van der Waals surface area (Å²) in [6.07, 6.45) is 0.